The molecule has 1 aromatic rings. The van der Waals surface area contributed by atoms with Crippen LogP contribution in [0.2, 0.25) is 0 Å². The van der Waals surface area contributed by atoms with Crippen molar-refractivity contribution in [3.05, 3.63) is 22.7 Å². The van der Waals surface area contributed by atoms with E-state index in [2.05, 4.69) is 35.1 Å². The molecule has 0 aliphatic heterocycles. The minimum absolute atomic E-state index is 0.486. The third kappa shape index (κ3) is 4.56. The van der Waals surface area contributed by atoms with Gasteiger partial charge in [0.05, 0.1) is 7.11 Å². The molecule has 0 amide bonds. The molecule has 0 saturated carbocycles. The van der Waals surface area contributed by atoms with Gasteiger partial charge in [-0.1, -0.05) is 29.8 Å². The lowest BCUT2D eigenvalue weighted by Crippen LogP contribution is -2.27. The normalized spacial score (nSPS) is 12.6. The van der Waals surface area contributed by atoms with Gasteiger partial charge in [0.25, 0.3) is 0 Å². The summed E-state index contributed by atoms with van der Waals surface area (Å²) < 4.78 is 6.23. The van der Waals surface area contributed by atoms with Crippen LogP contribution in [0.3, 0.4) is 0 Å². The smallest absolute Gasteiger partial charge is 0.122 e. The summed E-state index contributed by atoms with van der Waals surface area (Å²) in [6.07, 6.45) is 0. The number of ether oxygens (including phenoxy) is 1. The second-order valence-electron chi connectivity index (χ2n) is 4.50. The molecule has 4 heteroatoms. The zero-order chi connectivity index (χ0) is 12.8. The molecule has 1 unspecified atom stereocenters. The number of nitrogens with one attached hydrogen (secondary N) is 1. The number of anilines is 1. The molecule has 3 N–H and O–H groups in total. The first-order valence-corrected chi connectivity index (χ1v) is 6.64. The van der Waals surface area contributed by atoms with Gasteiger partial charge in [0, 0.05) is 22.8 Å². The Hall–Kier alpha value is -0.740. The largest absolute Gasteiger partial charge is 0.497 e. The van der Waals surface area contributed by atoms with Gasteiger partial charge >= 0.3 is 0 Å². The number of halogens is 1. The summed E-state index contributed by atoms with van der Waals surface area (Å²) in [5.74, 6) is 1.91. The highest BCUT2D eigenvalue weighted by molar-refractivity contribution is 9.10. The summed E-state index contributed by atoms with van der Waals surface area (Å²) in [6, 6.07) is 5.96. The van der Waals surface area contributed by atoms with Gasteiger partial charge in [-0.05, 0) is 30.5 Å². The third-order valence-electron chi connectivity index (χ3n) is 2.92. The lowest BCUT2D eigenvalue weighted by atomic mass is 9.96. The average Bonchev–Trinajstić information content (AvgIpc) is 2.28. The molecule has 96 valence electrons. The number of rotatable bonds is 6. The van der Waals surface area contributed by atoms with Crippen molar-refractivity contribution < 1.29 is 4.74 Å². The van der Waals surface area contributed by atoms with Crippen molar-refractivity contribution in [3.8, 4) is 5.75 Å². The van der Waals surface area contributed by atoms with E-state index in [0.29, 0.717) is 18.4 Å². The van der Waals surface area contributed by atoms with Crippen LogP contribution in [-0.2, 0) is 0 Å². The number of nitrogens with two attached hydrogens (primary N) is 1. The predicted molar refractivity (Wildman–Crippen MR) is 76.6 cm³/mol. The number of methoxy groups -OCH3 is 1. The maximum atomic E-state index is 5.75. The molecule has 0 heterocycles. The second-order valence-corrected chi connectivity index (χ2v) is 5.42. The predicted octanol–water partition coefficient (Wildman–Crippen LogP) is 3.10. The summed E-state index contributed by atoms with van der Waals surface area (Å²) in [4.78, 5) is 0. The van der Waals surface area contributed by atoms with Crippen LogP contribution in [0, 0.1) is 11.8 Å². The van der Waals surface area contributed by atoms with Crippen LogP contribution < -0.4 is 15.8 Å². The van der Waals surface area contributed by atoms with Crippen LogP contribution >= 0.6 is 15.9 Å². The van der Waals surface area contributed by atoms with Gasteiger partial charge in [0.2, 0.25) is 0 Å². The number of hydrogen-bond acceptors (Lipinski definition) is 3. The molecule has 0 bridgehead atoms. The molecule has 0 aliphatic carbocycles. The Bertz CT molecular complexity index is 355. The van der Waals surface area contributed by atoms with Gasteiger partial charge in [0.1, 0.15) is 5.75 Å². The third-order valence-corrected chi connectivity index (χ3v) is 3.38. The van der Waals surface area contributed by atoms with Crippen molar-refractivity contribution >= 4 is 21.6 Å². The zero-order valence-electron chi connectivity index (χ0n) is 10.7. The molecule has 0 saturated heterocycles. The van der Waals surface area contributed by atoms with Gasteiger partial charge in [-0.3, -0.25) is 0 Å². The number of hydrogen-bond donors (Lipinski definition) is 2. The van der Waals surface area contributed by atoms with Gasteiger partial charge in [-0.2, -0.15) is 0 Å². The highest BCUT2D eigenvalue weighted by Crippen LogP contribution is 2.24. The van der Waals surface area contributed by atoms with Crippen LogP contribution in [0.25, 0.3) is 0 Å². The molecule has 1 rings (SSSR count). The van der Waals surface area contributed by atoms with Crippen molar-refractivity contribution in [1.29, 1.82) is 0 Å². The first-order chi connectivity index (χ1) is 8.06. The van der Waals surface area contributed by atoms with E-state index < -0.39 is 0 Å². The maximum absolute atomic E-state index is 5.75. The molecular formula is C13H21BrN2O. The van der Waals surface area contributed by atoms with E-state index >= 15 is 0 Å². The summed E-state index contributed by atoms with van der Waals surface area (Å²) >= 11 is 3.46. The SMILES string of the molecule is COc1cc(Br)cc(NCC(CN)C(C)C)c1. The topological polar surface area (TPSA) is 47.3 Å². The van der Waals surface area contributed by atoms with Gasteiger partial charge in [-0.15, -0.1) is 0 Å². The summed E-state index contributed by atoms with van der Waals surface area (Å²) in [5.41, 5.74) is 6.80. The van der Waals surface area contributed by atoms with E-state index in [-0.39, 0.29) is 0 Å². The Labute approximate surface area is 112 Å². The van der Waals surface area contributed by atoms with Crippen molar-refractivity contribution in [2.45, 2.75) is 13.8 Å². The molecule has 0 radical (unpaired) electrons. The Kier molecular flexibility index (Phi) is 5.78. The van der Waals surface area contributed by atoms with E-state index in [1.54, 1.807) is 7.11 Å². The first kappa shape index (κ1) is 14.3. The number of benzene rings is 1. The molecule has 0 aromatic heterocycles. The van der Waals surface area contributed by atoms with Crippen molar-refractivity contribution in [2.24, 2.45) is 17.6 Å². The van der Waals surface area contributed by atoms with Gasteiger partial charge in [0.15, 0.2) is 0 Å². The quantitative estimate of drug-likeness (QED) is 0.849. The molecule has 0 aliphatic rings. The molecule has 1 aromatic carbocycles. The highest BCUT2D eigenvalue weighted by Gasteiger charge is 2.11. The lowest BCUT2D eigenvalue weighted by Gasteiger charge is -2.20. The standard InChI is InChI=1S/C13H21BrN2O/c1-9(2)10(7-15)8-16-12-4-11(14)5-13(6-12)17-3/h4-6,9-10,16H,7-8,15H2,1-3H3. The van der Waals surface area contributed by atoms with Crippen LogP contribution in [0.1, 0.15) is 13.8 Å². The van der Waals surface area contributed by atoms with Crippen LogP contribution in [0.5, 0.6) is 5.75 Å². The lowest BCUT2D eigenvalue weighted by molar-refractivity contribution is 0.411. The van der Waals surface area contributed by atoms with Gasteiger partial charge < -0.3 is 15.8 Å². The average molecular weight is 301 g/mol. The Morgan fingerprint density at radius 3 is 2.59 bits per heavy atom. The van der Waals surface area contributed by atoms with Crippen molar-refractivity contribution in [3.63, 3.8) is 0 Å². The fraction of sp³-hybridized carbons (Fsp3) is 0.538. The Morgan fingerprint density at radius 1 is 1.35 bits per heavy atom. The molecule has 0 fully saturated rings. The van der Waals surface area contributed by atoms with Crippen LogP contribution in [0.4, 0.5) is 5.69 Å². The fourth-order valence-electron chi connectivity index (χ4n) is 1.62. The van der Waals surface area contributed by atoms with Gasteiger partial charge in [-0.25, -0.2) is 0 Å². The first-order valence-electron chi connectivity index (χ1n) is 5.85. The van der Waals surface area contributed by atoms with E-state index in [0.717, 1.165) is 22.5 Å². The summed E-state index contributed by atoms with van der Waals surface area (Å²) in [7, 11) is 1.67. The molecule has 17 heavy (non-hydrogen) atoms. The molecule has 1 atom stereocenters. The van der Waals surface area contributed by atoms with E-state index in [1.165, 1.54) is 0 Å². The highest BCUT2D eigenvalue weighted by atomic mass is 79.9. The van der Waals surface area contributed by atoms with Crippen molar-refractivity contribution in [2.75, 3.05) is 25.5 Å². The minimum Gasteiger partial charge on any atom is -0.497 e. The van der Waals surface area contributed by atoms with E-state index in [4.69, 9.17) is 10.5 Å². The fourth-order valence-corrected chi connectivity index (χ4v) is 2.10. The molecule has 3 nitrogen and oxygen atoms in total. The Balaban J connectivity index is 2.65. The molecule has 0 spiro atoms. The van der Waals surface area contributed by atoms with Crippen LogP contribution in [0.15, 0.2) is 22.7 Å². The van der Waals surface area contributed by atoms with E-state index in [9.17, 15) is 0 Å². The van der Waals surface area contributed by atoms with Crippen molar-refractivity contribution in [1.82, 2.24) is 0 Å². The van der Waals surface area contributed by atoms with E-state index in [1.807, 2.05) is 18.2 Å². The zero-order valence-corrected chi connectivity index (χ0v) is 12.3. The summed E-state index contributed by atoms with van der Waals surface area (Å²) in [5, 5.41) is 3.40. The summed E-state index contributed by atoms with van der Waals surface area (Å²) in [6.45, 7) is 5.98. The maximum Gasteiger partial charge on any atom is 0.122 e. The monoisotopic (exact) mass is 300 g/mol. The van der Waals surface area contributed by atoms with Crippen LogP contribution in [-0.4, -0.2) is 20.2 Å². The minimum atomic E-state index is 0.486. The Morgan fingerprint density at radius 2 is 2.06 bits per heavy atom. The second kappa shape index (κ2) is 6.87. The molecular weight excluding hydrogens is 280 g/mol.